The van der Waals surface area contributed by atoms with Gasteiger partial charge < -0.3 is 10.6 Å². The van der Waals surface area contributed by atoms with E-state index in [4.69, 9.17) is 0 Å². The van der Waals surface area contributed by atoms with Crippen molar-refractivity contribution in [2.45, 2.75) is 226 Å². The molecule has 5 nitrogen and oxygen atoms in total. The molecule has 0 bridgehead atoms. The van der Waals surface area contributed by atoms with Gasteiger partial charge in [-0.3, -0.25) is 14.9 Å². The molecule has 0 fully saturated rings. The third-order valence-electron chi connectivity index (χ3n) is 8.93. The van der Waals surface area contributed by atoms with Crippen molar-refractivity contribution in [2.24, 2.45) is 0 Å². The first-order valence-corrected chi connectivity index (χ1v) is 19.4. The highest BCUT2D eigenvalue weighted by Crippen LogP contribution is 2.15. The summed E-state index contributed by atoms with van der Waals surface area (Å²) in [6.07, 6.45) is 36.5. The molecule has 256 valence electrons. The number of unbranched alkanes of at least 4 members (excludes halogenated alkanes) is 24. The molecule has 2 amide bonds. The molecule has 3 N–H and O–H groups in total. The van der Waals surface area contributed by atoms with Gasteiger partial charge in [-0.25, -0.2) is 0 Å². The fourth-order valence-corrected chi connectivity index (χ4v) is 5.97. The van der Waals surface area contributed by atoms with E-state index in [1.165, 1.54) is 141 Å². The third-order valence-corrected chi connectivity index (χ3v) is 8.93. The molecule has 0 unspecified atom stereocenters. The van der Waals surface area contributed by atoms with Gasteiger partial charge in [0.2, 0.25) is 11.8 Å². The lowest BCUT2D eigenvalue weighted by atomic mass is 10.0. The molecule has 5 heteroatoms. The summed E-state index contributed by atoms with van der Waals surface area (Å²) in [7, 11) is 0. The second-order valence-electron chi connectivity index (χ2n) is 13.3. The fraction of sp³-hybridized carbons (Fsp3) is 0.947. The minimum absolute atomic E-state index is 0.0368. The Morgan fingerprint density at radius 2 is 0.674 bits per heavy atom. The lowest BCUT2D eigenvalue weighted by Crippen LogP contribution is -2.68. The molecule has 0 aliphatic rings. The zero-order chi connectivity index (χ0) is 31.7. The van der Waals surface area contributed by atoms with E-state index in [9.17, 15) is 9.59 Å². The molecule has 0 aromatic carbocycles. The highest BCUT2D eigenvalue weighted by atomic mass is 16.2. The number of hydrogen-bond acceptors (Lipinski definition) is 3. The van der Waals surface area contributed by atoms with Gasteiger partial charge in [0.1, 0.15) is 0 Å². The van der Waals surface area contributed by atoms with E-state index < -0.39 is 5.79 Å². The molecular weight excluding hydrogens is 530 g/mol. The van der Waals surface area contributed by atoms with Crippen LogP contribution in [0.1, 0.15) is 220 Å². The lowest BCUT2D eigenvalue weighted by Gasteiger charge is -2.36. The van der Waals surface area contributed by atoms with E-state index in [-0.39, 0.29) is 11.8 Å². The summed E-state index contributed by atoms with van der Waals surface area (Å²) < 4.78 is 0. The summed E-state index contributed by atoms with van der Waals surface area (Å²) in [6, 6.07) is 0. The standard InChI is InChI=1S/C38H77N3O2/c1-5-9-11-13-15-17-19-21-23-25-27-29-31-33-36(42)40-38(8-4,39-35-7-3)41-37(43)34-32-30-28-26-24-22-20-18-16-14-12-10-6-2/h39H,5-35H2,1-4H3,(H,40,42)(H,41,43). The maximum atomic E-state index is 12.8. The van der Waals surface area contributed by atoms with Crippen LogP contribution in [0, 0.1) is 0 Å². The normalized spacial score (nSPS) is 11.6. The van der Waals surface area contributed by atoms with Crippen molar-refractivity contribution in [1.29, 1.82) is 0 Å². The minimum Gasteiger partial charge on any atom is -0.321 e. The van der Waals surface area contributed by atoms with Crippen LogP contribution in [0.2, 0.25) is 0 Å². The van der Waals surface area contributed by atoms with Crippen molar-refractivity contribution in [2.75, 3.05) is 6.54 Å². The molecule has 0 atom stereocenters. The molecule has 0 rings (SSSR count). The average Bonchev–Trinajstić information content (AvgIpc) is 3.00. The van der Waals surface area contributed by atoms with Gasteiger partial charge in [0.25, 0.3) is 0 Å². The first-order valence-electron chi connectivity index (χ1n) is 19.4. The molecule has 43 heavy (non-hydrogen) atoms. The van der Waals surface area contributed by atoms with Gasteiger partial charge in [0, 0.05) is 19.3 Å². The SMILES string of the molecule is CCCCCCCCCCCCCCCC(=O)NC(CC)(NCCC)NC(=O)CCCCCCCCCCCCCCC. The van der Waals surface area contributed by atoms with Crippen molar-refractivity contribution in [1.82, 2.24) is 16.0 Å². The summed E-state index contributed by atoms with van der Waals surface area (Å²) >= 11 is 0. The van der Waals surface area contributed by atoms with Crippen LogP contribution in [0.3, 0.4) is 0 Å². The predicted molar refractivity (Wildman–Crippen MR) is 188 cm³/mol. The van der Waals surface area contributed by atoms with E-state index in [1.54, 1.807) is 0 Å². The van der Waals surface area contributed by atoms with Crippen LogP contribution in [0.25, 0.3) is 0 Å². The summed E-state index contributed by atoms with van der Waals surface area (Å²) in [5.41, 5.74) is 0. The van der Waals surface area contributed by atoms with Gasteiger partial charge >= 0.3 is 0 Å². The van der Waals surface area contributed by atoms with Gasteiger partial charge in [0.05, 0.1) is 0 Å². The molecule has 0 aromatic rings. The van der Waals surface area contributed by atoms with E-state index in [2.05, 4.69) is 36.7 Å². The van der Waals surface area contributed by atoms with E-state index in [0.717, 1.165) is 38.6 Å². The van der Waals surface area contributed by atoms with Gasteiger partial charge in [-0.1, -0.05) is 182 Å². The Bertz CT molecular complexity index is 566. The van der Waals surface area contributed by atoms with E-state index >= 15 is 0 Å². The van der Waals surface area contributed by atoms with Crippen molar-refractivity contribution in [3.05, 3.63) is 0 Å². The quantitative estimate of drug-likeness (QED) is 0.0503. The zero-order valence-corrected chi connectivity index (χ0v) is 29.7. The van der Waals surface area contributed by atoms with Crippen molar-refractivity contribution in [3.63, 3.8) is 0 Å². The smallest absolute Gasteiger partial charge is 0.222 e. The van der Waals surface area contributed by atoms with Crippen LogP contribution in [0.5, 0.6) is 0 Å². The molecule has 0 saturated heterocycles. The van der Waals surface area contributed by atoms with Crippen LogP contribution in [0.4, 0.5) is 0 Å². The molecule has 0 saturated carbocycles. The van der Waals surface area contributed by atoms with Crippen LogP contribution >= 0.6 is 0 Å². The summed E-state index contributed by atoms with van der Waals surface area (Å²) in [6.45, 7) is 9.44. The second kappa shape index (κ2) is 32.3. The van der Waals surface area contributed by atoms with E-state index in [1.807, 2.05) is 6.92 Å². The van der Waals surface area contributed by atoms with Gasteiger partial charge in [0.15, 0.2) is 5.79 Å². The molecule has 0 aliphatic carbocycles. The van der Waals surface area contributed by atoms with E-state index in [0.29, 0.717) is 19.3 Å². The number of rotatable bonds is 34. The Balaban J connectivity index is 4.04. The largest absolute Gasteiger partial charge is 0.321 e. The topological polar surface area (TPSA) is 70.2 Å². The predicted octanol–water partition coefficient (Wildman–Crippen LogP) is 11.2. The number of carbonyl (C=O) groups is 2. The number of hydrogen-bond donors (Lipinski definition) is 3. The van der Waals surface area contributed by atoms with Crippen LogP contribution < -0.4 is 16.0 Å². The average molecular weight is 608 g/mol. The molecule has 0 spiro atoms. The Morgan fingerprint density at radius 3 is 0.930 bits per heavy atom. The lowest BCUT2D eigenvalue weighted by molar-refractivity contribution is -0.128. The van der Waals surface area contributed by atoms with Crippen LogP contribution in [0.15, 0.2) is 0 Å². The molecule has 0 aliphatic heterocycles. The monoisotopic (exact) mass is 608 g/mol. The Kier molecular flexibility index (Phi) is 31.5. The van der Waals surface area contributed by atoms with Crippen LogP contribution in [-0.4, -0.2) is 24.1 Å². The molecule has 0 aromatic heterocycles. The van der Waals surface area contributed by atoms with Gasteiger partial charge in [-0.05, 0) is 25.8 Å². The summed E-state index contributed by atoms with van der Waals surface area (Å²) in [5, 5.41) is 9.74. The Hall–Kier alpha value is -1.10. The molecular formula is C38H77N3O2. The Labute approximate surface area is 269 Å². The molecule has 0 radical (unpaired) electrons. The summed E-state index contributed by atoms with van der Waals surface area (Å²) in [5.74, 6) is -0.762. The Morgan fingerprint density at radius 1 is 0.395 bits per heavy atom. The maximum Gasteiger partial charge on any atom is 0.222 e. The first kappa shape index (κ1) is 41.9. The minimum atomic E-state index is -0.836. The number of amides is 2. The maximum absolute atomic E-state index is 12.8. The van der Waals surface area contributed by atoms with Crippen molar-refractivity contribution >= 4 is 11.8 Å². The van der Waals surface area contributed by atoms with Crippen molar-refractivity contribution < 1.29 is 9.59 Å². The van der Waals surface area contributed by atoms with Gasteiger partial charge in [-0.15, -0.1) is 0 Å². The second-order valence-corrected chi connectivity index (χ2v) is 13.3. The third kappa shape index (κ3) is 28.1. The first-order chi connectivity index (χ1) is 21.0. The molecule has 0 heterocycles. The summed E-state index contributed by atoms with van der Waals surface area (Å²) in [4.78, 5) is 25.7. The highest BCUT2D eigenvalue weighted by molar-refractivity contribution is 5.80. The van der Waals surface area contributed by atoms with Crippen LogP contribution in [-0.2, 0) is 9.59 Å². The highest BCUT2D eigenvalue weighted by Gasteiger charge is 2.30. The van der Waals surface area contributed by atoms with Gasteiger partial charge in [-0.2, -0.15) is 0 Å². The number of carbonyl (C=O) groups excluding carboxylic acids is 2. The fourth-order valence-electron chi connectivity index (χ4n) is 5.97. The zero-order valence-electron chi connectivity index (χ0n) is 29.7. The number of nitrogens with one attached hydrogen (secondary N) is 3. The van der Waals surface area contributed by atoms with Crippen molar-refractivity contribution in [3.8, 4) is 0 Å².